The van der Waals surface area contributed by atoms with Crippen LogP contribution in [0.4, 0.5) is 0 Å². The Bertz CT molecular complexity index is 1010. The van der Waals surface area contributed by atoms with Crippen LogP contribution in [0.1, 0.15) is 194 Å². The van der Waals surface area contributed by atoms with Crippen LogP contribution in [0, 0.1) is 0 Å². The second-order valence-electron chi connectivity index (χ2n) is 13.8. The van der Waals surface area contributed by atoms with Crippen molar-refractivity contribution in [2.75, 3.05) is 13.2 Å². The van der Waals surface area contributed by atoms with Crippen molar-refractivity contribution in [3.63, 3.8) is 0 Å². The van der Waals surface area contributed by atoms with E-state index in [0.29, 0.717) is 12.8 Å². The maximum absolute atomic E-state index is 12.5. The zero-order valence-electron chi connectivity index (χ0n) is 32.6. The van der Waals surface area contributed by atoms with Crippen LogP contribution in [0.5, 0.6) is 0 Å². The molecule has 52 heavy (non-hydrogen) atoms. The molecule has 0 saturated carbocycles. The van der Waals surface area contributed by atoms with E-state index in [1.165, 1.54) is 77.0 Å². The summed E-state index contributed by atoms with van der Waals surface area (Å²) >= 11 is 0. The maximum atomic E-state index is 12.5. The molecule has 306 valence electrons. The van der Waals surface area contributed by atoms with Crippen molar-refractivity contribution in [2.45, 2.75) is 200 Å². The third-order valence-electron chi connectivity index (χ3n) is 8.65. The van der Waals surface area contributed by atoms with Crippen LogP contribution in [0.25, 0.3) is 0 Å². The quantitative estimate of drug-likeness (QED) is 0.0236. The number of unbranched alkanes of at least 4 members (excludes halogenated alkanes) is 22. The van der Waals surface area contributed by atoms with Gasteiger partial charge in [-0.05, 0) is 64.2 Å². The Kier molecular flexibility index (Phi) is 34.5. The second kappa shape index (κ2) is 35.4. The third-order valence-corrected chi connectivity index (χ3v) is 10.8. The Morgan fingerprint density at radius 1 is 0.519 bits per heavy atom. The molecule has 0 aliphatic heterocycles. The molecule has 3 N–H and O–H groups in total. The summed E-state index contributed by atoms with van der Waals surface area (Å²) in [5.74, 6) is -1.10. The van der Waals surface area contributed by atoms with E-state index in [9.17, 15) is 23.6 Å². The van der Waals surface area contributed by atoms with Crippen molar-refractivity contribution in [1.29, 1.82) is 0 Å². The number of rotatable bonds is 38. The molecular formula is C39H74O11P2. The molecule has 0 aromatic rings. The van der Waals surface area contributed by atoms with Gasteiger partial charge in [0.15, 0.2) is 6.10 Å². The number of carbonyl (C=O) groups is 2. The highest BCUT2D eigenvalue weighted by atomic mass is 31.3. The fraction of sp³-hybridized carbons (Fsp3) is 0.846. The lowest BCUT2D eigenvalue weighted by molar-refractivity contribution is -0.161. The minimum atomic E-state index is -5.32. The van der Waals surface area contributed by atoms with Gasteiger partial charge in [-0.2, -0.15) is 4.31 Å². The van der Waals surface area contributed by atoms with E-state index in [0.717, 1.165) is 77.0 Å². The standard InChI is InChI=1S/C39H74O11P2/c1-3-5-7-9-11-13-15-17-19-21-23-25-27-29-31-33-38(40)47-35-37(36-48-52(45,46)50-51(42,43)44)49-39(41)34-32-30-28-26-24-22-20-18-16-14-12-10-8-6-4-2/h17-20,37H,3-16,21-36H2,1-2H3,(H,45,46)(H2,42,43,44). The average Bonchev–Trinajstić information content (AvgIpc) is 3.08. The zero-order chi connectivity index (χ0) is 38.6. The summed E-state index contributed by atoms with van der Waals surface area (Å²) in [6, 6.07) is 0. The molecule has 2 atom stereocenters. The van der Waals surface area contributed by atoms with E-state index in [2.05, 4.69) is 47.0 Å². The lowest BCUT2D eigenvalue weighted by Gasteiger charge is -2.20. The summed E-state index contributed by atoms with van der Waals surface area (Å²) in [4.78, 5) is 52.2. The molecule has 0 heterocycles. The molecule has 0 aromatic heterocycles. The lowest BCUT2D eigenvalue weighted by Crippen LogP contribution is -2.29. The first kappa shape index (κ1) is 50.7. The van der Waals surface area contributed by atoms with Crippen molar-refractivity contribution in [2.24, 2.45) is 0 Å². The Morgan fingerprint density at radius 3 is 1.29 bits per heavy atom. The first-order valence-electron chi connectivity index (χ1n) is 20.4. The maximum Gasteiger partial charge on any atom is 0.481 e. The molecular weight excluding hydrogens is 706 g/mol. The molecule has 0 radical (unpaired) electrons. The normalized spacial score (nSPS) is 13.9. The number of ether oxygens (including phenoxy) is 2. The van der Waals surface area contributed by atoms with Crippen molar-refractivity contribution in [3.8, 4) is 0 Å². The van der Waals surface area contributed by atoms with Crippen LogP contribution in [0.2, 0.25) is 0 Å². The fourth-order valence-electron chi connectivity index (χ4n) is 5.63. The van der Waals surface area contributed by atoms with E-state index in [-0.39, 0.29) is 12.8 Å². The SMILES string of the molecule is CCCCCCCCC=CCCCCCCCC(=O)OCC(COP(=O)(O)OP(=O)(O)O)OC(=O)CCCCCCCC=CCCCCCCCC. The Balaban J connectivity index is 4.30. The minimum Gasteiger partial charge on any atom is -0.462 e. The highest BCUT2D eigenvalue weighted by molar-refractivity contribution is 7.60. The van der Waals surface area contributed by atoms with Crippen molar-refractivity contribution < 1.29 is 51.7 Å². The number of carbonyl (C=O) groups excluding carboxylic acids is 2. The molecule has 0 fully saturated rings. The highest BCUT2D eigenvalue weighted by Crippen LogP contribution is 2.57. The van der Waals surface area contributed by atoms with Crippen molar-refractivity contribution >= 4 is 27.6 Å². The summed E-state index contributed by atoms with van der Waals surface area (Å²) in [6.45, 7) is 3.27. The predicted molar refractivity (Wildman–Crippen MR) is 209 cm³/mol. The molecule has 13 heteroatoms. The average molecular weight is 781 g/mol. The van der Waals surface area contributed by atoms with Crippen LogP contribution in [0.15, 0.2) is 24.3 Å². The van der Waals surface area contributed by atoms with Crippen LogP contribution < -0.4 is 0 Å². The number of hydrogen-bond donors (Lipinski definition) is 3. The number of phosphoric ester groups is 1. The van der Waals surface area contributed by atoms with Gasteiger partial charge in [0.1, 0.15) is 6.61 Å². The summed E-state index contributed by atoms with van der Waals surface area (Å²) in [5.41, 5.74) is 0. The topological polar surface area (TPSA) is 166 Å². The number of esters is 2. The largest absolute Gasteiger partial charge is 0.481 e. The van der Waals surface area contributed by atoms with Gasteiger partial charge < -0.3 is 24.2 Å². The minimum absolute atomic E-state index is 0.104. The Labute approximate surface area is 315 Å². The van der Waals surface area contributed by atoms with E-state index in [1.54, 1.807) is 0 Å². The Morgan fingerprint density at radius 2 is 0.885 bits per heavy atom. The molecule has 0 aliphatic carbocycles. The van der Waals surface area contributed by atoms with Crippen molar-refractivity contribution in [3.05, 3.63) is 24.3 Å². The van der Waals surface area contributed by atoms with Gasteiger partial charge in [0, 0.05) is 12.8 Å². The molecule has 0 aliphatic rings. The van der Waals surface area contributed by atoms with Gasteiger partial charge in [-0.15, -0.1) is 0 Å². The van der Waals surface area contributed by atoms with Crippen LogP contribution in [-0.2, 0) is 37.0 Å². The van der Waals surface area contributed by atoms with Gasteiger partial charge in [-0.1, -0.05) is 141 Å². The summed E-state index contributed by atoms with van der Waals surface area (Å²) < 4.78 is 41.9. The van der Waals surface area contributed by atoms with E-state index in [4.69, 9.17) is 19.3 Å². The first-order chi connectivity index (χ1) is 25.0. The fourth-order valence-corrected chi connectivity index (χ4v) is 7.25. The van der Waals surface area contributed by atoms with Gasteiger partial charge in [-0.25, -0.2) is 9.13 Å². The molecule has 2 unspecified atom stereocenters. The summed E-state index contributed by atoms with van der Waals surface area (Å²) in [6.07, 6.45) is 37.5. The Hall–Kier alpha value is -1.32. The zero-order valence-corrected chi connectivity index (χ0v) is 34.4. The predicted octanol–water partition coefficient (Wildman–Crippen LogP) is 11.7. The summed E-state index contributed by atoms with van der Waals surface area (Å²) in [7, 11) is -10.5. The highest BCUT2D eigenvalue weighted by Gasteiger charge is 2.34. The number of allylic oxidation sites excluding steroid dienone is 4. The van der Waals surface area contributed by atoms with Gasteiger partial charge in [0.05, 0.1) is 6.61 Å². The van der Waals surface area contributed by atoms with Crippen LogP contribution in [0.3, 0.4) is 0 Å². The van der Waals surface area contributed by atoms with E-state index >= 15 is 0 Å². The lowest BCUT2D eigenvalue weighted by atomic mass is 10.1. The van der Waals surface area contributed by atoms with E-state index in [1.807, 2.05) is 0 Å². The smallest absolute Gasteiger partial charge is 0.462 e. The van der Waals surface area contributed by atoms with Gasteiger partial charge in [0.2, 0.25) is 0 Å². The molecule has 0 bridgehead atoms. The van der Waals surface area contributed by atoms with Crippen molar-refractivity contribution in [1.82, 2.24) is 0 Å². The molecule has 11 nitrogen and oxygen atoms in total. The third kappa shape index (κ3) is 38.4. The molecule has 0 aromatic carbocycles. The van der Waals surface area contributed by atoms with E-state index < -0.39 is 46.9 Å². The number of hydrogen-bond acceptors (Lipinski definition) is 8. The monoisotopic (exact) mass is 780 g/mol. The van der Waals surface area contributed by atoms with Gasteiger partial charge in [0.25, 0.3) is 0 Å². The molecule has 0 saturated heterocycles. The molecule has 0 amide bonds. The van der Waals surface area contributed by atoms with Gasteiger partial charge >= 0.3 is 27.6 Å². The van der Waals surface area contributed by atoms with Gasteiger partial charge in [-0.3, -0.25) is 14.1 Å². The molecule has 0 spiro atoms. The second-order valence-corrected chi connectivity index (χ2v) is 16.6. The number of phosphoric acid groups is 2. The first-order valence-corrected chi connectivity index (χ1v) is 23.4. The molecule has 0 rings (SSSR count). The summed E-state index contributed by atoms with van der Waals surface area (Å²) in [5, 5.41) is 0. The van der Waals surface area contributed by atoms with Crippen LogP contribution >= 0.6 is 15.6 Å². The van der Waals surface area contributed by atoms with Crippen LogP contribution in [-0.4, -0.2) is 45.9 Å².